The lowest BCUT2D eigenvalue weighted by atomic mass is 9.84. The molecule has 0 spiro atoms. The number of esters is 2. The number of ketones is 3. The number of nitrogens with two attached hydrogens (primary N) is 2. The lowest BCUT2D eigenvalue weighted by Crippen LogP contribution is -2.40. The largest absolute Gasteiger partial charge is 0.464 e. The molecule has 0 aliphatic carbocycles. The summed E-state index contributed by atoms with van der Waals surface area (Å²) >= 11 is 0. The molecule has 0 heterocycles. The van der Waals surface area contributed by atoms with Crippen molar-refractivity contribution in [1.29, 1.82) is 0 Å². The molecule has 15 N–H and O–H groups in total. The summed E-state index contributed by atoms with van der Waals surface area (Å²) in [6.45, 7) is 16.7. The van der Waals surface area contributed by atoms with Crippen molar-refractivity contribution in [3.8, 4) is 0 Å². The van der Waals surface area contributed by atoms with Crippen LogP contribution in [-0.4, -0.2) is 298 Å². The van der Waals surface area contributed by atoms with Gasteiger partial charge < -0.3 is 99.0 Å². The molecule has 0 saturated carbocycles. The highest BCUT2D eigenvalue weighted by atomic mass is 16.5. The first-order valence-corrected chi connectivity index (χ1v) is 32.2. The molecule has 5 amide bonds. The molecule has 516 valence electrons. The van der Waals surface area contributed by atoms with Gasteiger partial charge in [-0.15, -0.1) is 0 Å². The highest BCUT2D eigenvalue weighted by molar-refractivity contribution is 5.97. The van der Waals surface area contributed by atoms with Crippen LogP contribution in [0.2, 0.25) is 0 Å². The van der Waals surface area contributed by atoms with Crippen LogP contribution in [0.3, 0.4) is 0 Å². The molecule has 0 fully saturated rings. The van der Waals surface area contributed by atoms with Crippen molar-refractivity contribution < 1.29 is 57.4 Å². The predicted molar refractivity (Wildman–Crippen MR) is 346 cm³/mol. The van der Waals surface area contributed by atoms with E-state index in [0.717, 1.165) is 32.6 Å². The number of carbonyl (C=O) groups is 10. The number of Topliss-reactive ketones (excluding diaryl/α,β-unsaturated/α-hetero) is 3. The zero-order valence-corrected chi connectivity index (χ0v) is 55.5. The number of unbranched alkanes of at least 4 members (excludes halogenated alkanes) is 1. The fraction of sp³-hybridized carbons (Fsp3) is 0.833. The van der Waals surface area contributed by atoms with Crippen LogP contribution in [0.5, 0.6) is 0 Å². The average molecular weight is 1270 g/mol. The number of rotatable bonds is 61. The summed E-state index contributed by atoms with van der Waals surface area (Å²) in [6.07, 6.45) is -0.843. The van der Waals surface area contributed by atoms with Crippen molar-refractivity contribution in [2.24, 2.45) is 35.1 Å². The van der Waals surface area contributed by atoms with Crippen molar-refractivity contribution in [3.05, 3.63) is 0 Å². The minimum atomic E-state index is -1.26. The molecule has 29 nitrogen and oxygen atoms in total. The molecule has 0 saturated heterocycles. The Kier molecular flexibility index (Phi) is 52.4. The Morgan fingerprint density at radius 2 is 0.742 bits per heavy atom. The summed E-state index contributed by atoms with van der Waals surface area (Å²) in [6, 6.07) is 0. The van der Waals surface area contributed by atoms with Crippen LogP contribution in [0, 0.1) is 23.7 Å². The highest BCUT2D eigenvalue weighted by Crippen LogP contribution is 2.23. The minimum Gasteiger partial charge on any atom is -0.464 e. The van der Waals surface area contributed by atoms with Crippen LogP contribution in [0.25, 0.3) is 0 Å². The summed E-state index contributed by atoms with van der Waals surface area (Å²) in [5.41, 5.74) is 11.1. The van der Waals surface area contributed by atoms with Crippen molar-refractivity contribution in [2.75, 3.05) is 219 Å². The third kappa shape index (κ3) is 50.2. The molecule has 4 unspecified atom stereocenters. The van der Waals surface area contributed by atoms with Crippen LogP contribution < -0.4 is 70.0 Å². The van der Waals surface area contributed by atoms with E-state index in [2.05, 4.69) is 78.1 Å². The first-order valence-electron chi connectivity index (χ1n) is 32.2. The van der Waals surface area contributed by atoms with Gasteiger partial charge in [0.2, 0.25) is 29.5 Å². The van der Waals surface area contributed by atoms with Crippen molar-refractivity contribution in [1.82, 2.24) is 78.1 Å². The second-order valence-electron chi connectivity index (χ2n) is 23.1. The number of likely N-dealkylation sites (N-methyl/N-ethyl adjacent to an activating group) is 4. The normalized spacial score (nSPS) is 12.8. The Bertz CT molecular complexity index is 1980. The van der Waals surface area contributed by atoms with Crippen LogP contribution in [0.4, 0.5) is 0 Å². The second-order valence-corrected chi connectivity index (χ2v) is 23.1. The molecule has 0 aliphatic rings. The number of hydrogen-bond acceptors (Lipinski definition) is 24. The zero-order valence-electron chi connectivity index (χ0n) is 55.5. The first kappa shape index (κ1) is 83.8. The van der Waals surface area contributed by atoms with Crippen molar-refractivity contribution in [2.45, 2.75) is 84.5 Å². The summed E-state index contributed by atoms with van der Waals surface area (Å²) in [4.78, 5) is 142. The maximum atomic E-state index is 14.5. The minimum absolute atomic E-state index is 0.128. The van der Waals surface area contributed by atoms with Gasteiger partial charge in [0.1, 0.15) is 30.6 Å². The molecule has 0 rings (SSSR count). The molecule has 89 heavy (non-hydrogen) atoms. The first-order chi connectivity index (χ1) is 42.6. The van der Waals surface area contributed by atoms with Crippen LogP contribution in [-0.2, 0) is 57.4 Å². The summed E-state index contributed by atoms with van der Waals surface area (Å²) in [5, 5.41) is 32.9. The van der Waals surface area contributed by atoms with Gasteiger partial charge in [-0.3, -0.25) is 47.9 Å². The fourth-order valence-corrected chi connectivity index (χ4v) is 8.65. The van der Waals surface area contributed by atoms with Gasteiger partial charge in [-0.25, -0.2) is 0 Å². The molecule has 0 aromatic heterocycles. The Labute approximate surface area is 531 Å². The molecular weight excluding hydrogens is 1150 g/mol. The quantitative estimate of drug-likeness (QED) is 0.0202. The van der Waals surface area contributed by atoms with Gasteiger partial charge in [-0.05, 0) is 48.7 Å². The van der Waals surface area contributed by atoms with Gasteiger partial charge in [0.15, 0.2) is 0 Å². The Morgan fingerprint density at radius 1 is 0.382 bits per heavy atom. The number of nitrogens with one attached hydrogen (secondary N) is 11. The molecule has 29 heteroatoms. The van der Waals surface area contributed by atoms with Gasteiger partial charge >= 0.3 is 11.9 Å². The highest BCUT2D eigenvalue weighted by Gasteiger charge is 2.33. The van der Waals surface area contributed by atoms with E-state index in [1.807, 2.05) is 49.2 Å². The van der Waals surface area contributed by atoms with Crippen molar-refractivity contribution in [3.63, 3.8) is 0 Å². The monoisotopic (exact) mass is 1270 g/mol. The van der Waals surface area contributed by atoms with E-state index >= 15 is 0 Å². The van der Waals surface area contributed by atoms with Gasteiger partial charge in [-0.2, -0.15) is 0 Å². The number of ether oxygens (including phenoxy) is 2. The Hall–Kier alpha value is -5.18. The van der Waals surface area contributed by atoms with Gasteiger partial charge in [0.05, 0.1) is 24.7 Å². The molecule has 4 atom stereocenters. The Morgan fingerprint density at radius 3 is 1.18 bits per heavy atom. The second kappa shape index (κ2) is 55.6. The molecule has 0 bridgehead atoms. The van der Waals surface area contributed by atoms with E-state index in [-0.39, 0.29) is 69.7 Å². The van der Waals surface area contributed by atoms with Crippen molar-refractivity contribution >= 4 is 58.8 Å². The molecular formula is C60H119N17O12. The van der Waals surface area contributed by atoms with E-state index in [9.17, 15) is 47.9 Å². The number of nitrogens with zero attached hydrogens (tertiary/aromatic N) is 4. The Balaban J connectivity index is 5.89. The molecule has 0 radical (unpaired) electrons. The SMILES string of the molecule is CCCCNC(=O)C(CC(=O)CC(CC(=O)C(CC(=O)CC(C)C(=O)NCCNCCNCCC(=O)OCCN(C)CCN(C)C)CC(=O)NCCNCCNCCC(=O)OCCN(C)CCN(C)C)C(=O)NCCNCCN)CC(=O)NCCNCCN. The van der Waals surface area contributed by atoms with Crippen LogP contribution >= 0.6 is 0 Å². The fourth-order valence-electron chi connectivity index (χ4n) is 8.65. The number of hydrogen-bond donors (Lipinski definition) is 13. The summed E-state index contributed by atoms with van der Waals surface area (Å²) in [7, 11) is 12.0. The van der Waals surface area contributed by atoms with Crippen LogP contribution in [0.1, 0.15) is 84.5 Å². The molecule has 0 aliphatic heterocycles. The lowest BCUT2D eigenvalue weighted by molar-refractivity contribution is -0.144. The number of carbonyl (C=O) groups excluding carboxylic acids is 10. The van der Waals surface area contributed by atoms with E-state index < -0.39 is 96.8 Å². The third-order valence-corrected chi connectivity index (χ3v) is 14.1. The summed E-state index contributed by atoms with van der Waals surface area (Å²) in [5.74, 6) is -9.02. The maximum Gasteiger partial charge on any atom is 0.307 e. The molecule has 0 aromatic rings. The lowest BCUT2D eigenvalue weighted by Gasteiger charge is -2.21. The topological polar surface area (TPSA) is 386 Å². The average Bonchev–Trinajstić information content (AvgIpc) is 3.68. The van der Waals surface area contributed by atoms with Gasteiger partial charge in [0, 0.05) is 220 Å². The van der Waals surface area contributed by atoms with E-state index in [1.165, 1.54) is 0 Å². The number of amides is 5. The predicted octanol–water partition coefficient (Wildman–Crippen LogP) is -4.40. The summed E-state index contributed by atoms with van der Waals surface area (Å²) < 4.78 is 10.7. The van der Waals surface area contributed by atoms with E-state index in [0.29, 0.717) is 131 Å². The van der Waals surface area contributed by atoms with E-state index in [4.69, 9.17) is 20.9 Å². The molecule has 0 aromatic carbocycles. The maximum absolute atomic E-state index is 14.5. The van der Waals surface area contributed by atoms with E-state index in [1.54, 1.807) is 6.92 Å². The zero-order chi connectivity index (χ0) is 66.5. The van der Waals surface area contributed by atoms with Gasteiger partial charge in [-0.1, -0.05) is 20.3 Å². The standard InChI is InChI=1S/C60H119N17O12/c1-9-10-15-71-60(87)50(46-55(82)70-28-24-65-18-13-61)43-52(79)42-49(59(86)73-31-26-66-19-14-62)44-53(80)48(45-54(81)69-29-25-67-22-20-63-16-11-56(83)88-38-36-76(7)34-32-74(3)4)41-51(78)40-47(2)58(85)72-30-27-68-23-21-64-17-12-57(84)89-39-37-77(8)35-33-75(5)6/h47-50,63-68H,9-46,61-62H2,1-8H3,(H,69,81)(H,70,82)(H,71,87)(H,72,85)(H,73,86). The van der Waals surface area contributed by atoms with Crippen LogP contribution in [0.15, 0.2) is 0 Å². The van der Waals surface area contributed by atoms with Gasteiger partial charge in [0.25, 0.3) is 0 Å². The smallest absolute Gasteiger partial charge is 0.307 e. The third-order valence-electron chi connectivity index (χ3n) is 14.1.